The molecule has 1 aliphatic rings. The summed E-state index contributed by atoms with van der Waals surface area (Å²) in [6, 6.07) is 12.2. The number of fused-ring (bicyclic) bond motifs is 1. The SMILES string of the molecule is CC(O)(Cc1cc(Br)cc2c1OCC2)c1ccc(I)cc1. The fourth-order valence-corrected chi connectivity index (χ4v) is 3.67. The van der Waals surface area contributed by atoms with Crippen LogP contribution in [-0.2, 0) is 18.4 Å². The zero-order valence-corrected chi connectivity index (χ0v) is 15.4. The molecule has 0 saturated heterocycles. The van der Waals surface area contributed by atoms with Crippen LogP contribution < -0.4 is 4.74 Å². The third-order valence-electron chi connectivity index (χ3n) is 3.83. The Bertz CT molecular complexity index is 665. The molecule has 4 heteroatoms. The first-order chi connectivity index (χ1) is 9.95. The summed E-state index contributed by atoms with van der Waals surface area (Å²) in [6.45, 7) is 2.59. The van der Waals surface area contributed by atoms with Crippen molar-refractivity contribution in [3.8, 4) is 5.75 Å². The van der Waals surface area contributed by atoms with Gasteiger partial charge in [0.15, 0.2) is 0 Å². The molecule has 1 atom stereocenters. The molecule has 2 nitrogen and oxygen atoms in total. The fraction of sp³-hybridized carbons (Fsp3) is 0.294. The van der Waals surface area contributed by atoms with Crippen molar-refractivity contribution in [1.29, 1.82) is 0 Å². The highest BCUT2D eigenvalue weighted by Gasteiger charge is 2.27. The standard InChI is InChI=1S/C17H16BrIO2/c1-17(20,13-2-4-15(19)5-3-13)10-12-9-14(18)8-11-6-7-21-16(11)12/h2-5,8-9,20H,6-7,10H2,1H3. The Balaban J connectivity index is 1.94. The molecular weight excluding hydrogens is 443 g/mol. The van der Waals surface area contributed by atoms with Crippen LogP contribution in [-0.4, -0.2) is 11.7 Å². The molecule has 0 radical (unpaired) electrons. The van der Waals surface area contributed by atoms with Crippen LogP contribution in [0.3, 0.4) is 0 Å². The molecule has 0 saturated carbocycles. The van der Waals surface area contributed by atoms with Crippen LogP contribution in [0.5, 0.6) is 5.75 Å². The maximum absolute atomic E-state index is 10.9. The zero-order valence-electron chi connectivity index (χ0n) is 11.7. The molecule has 0 fully saturated rings. The zero-order chi connectivity index (χ0) is 15.0. The predicted molar refractivity (Wildman–Crippen MR) is 95.8 cm³/mol. The Hall–Kier alpha value is -0.590. The predicted octanol–water partition coefficient (Wildman–Crippen LogP) is 4.44. The average Bonchev–Trinajstić information content (AvgIpc) is 2.87. The monoisotopic (exact) mass is 458 g/mol. The van der Waals surface area contributed by atoms with Crippen LogP contribution in [0.4, 0.5) is 0 Å². The summed E-state index contributed by atoms with van der Waals surface area (Å²) in [5.74, 6) is 0.948. The molecule has 21 heavy (non-hydrogen) atoms. The van der Waals surface area contributed by atoms with Crippen LogP contribution in [0.25, 0.3) is 0 Å². The molecule has 0 aliphatic carbocycles. The van der Waals surface area contributed by atoms with E-state index in [4.69, 9.17) is 4.74 Å². The number of hydrogen-bond acceptors (Lipinski definition) is 2. The fourth-order valence-electron chi connectivity index (χ4n) is 2.76. The van der Waals surface area contributed by atoms with E-state index >= 15 is 0 Å². The van der Waals surface area contributed by atoms with Gasteiger partial charge in [0.1, 0.15) is 5.75 Å². The summed E-state index contributed by atoms with van der Waals surface area (Å²) in [4.78, 5) is 0. The van der Waals surface area contributed by atoms with Gasteiger partial charge in [-0.15, -0.1) is 0 Å². The van der Waals surface area contributed by atoms with Crippen LogP contribution in [0.1, 0.15) is 23.6 Å². The lowest BCUT2D eigenvalue weighted by atomic mass is 9.88. The largest absolute Gasteiger partial charge is 0.493 e. The summed E-state index contributed by atoms with van der Waals surface area (Å²) in [5, 5.41) is 10.9. The highest BCUT2D eigenvalue weighted by atomic mass is 127. The van der Waals surface area contributed by atoms with E-state index in [0.717, 1.165) is 34.4 Å². The van der Waals surface area contributed by atoms with Gasteiger partial charge in [0.05, 0.1) is 12.2 Å². The number of aliphatic hydroxyl groups is 1. The first-order valence-corrected chi connectivity index (χ1v) is 8.75. The Kier molecular flexibility index (Phi) is 4.30. The molecule has 3 rings (SSSR count). The molecule has 0 aromatic heterocycles. The number of rotatable bonds is 3. The maximum Gasteiger partial charge on any atom is 0.126 e. The molecule has 0 bridgehead atoms. The molecule has 110 valence electrons. The van der Waals surface area contributed by atoms with Gasteiger partial charge in [-0.2, -0.15) is 0 Å². The van der Waals surface area contributed by atoms with Gasteiger partial charge in [0.2, 0.25) is 0 Å². The van der Waals surface area contributed by atoms with Crippen LogP contribution in [0.2, 0.25) is 0 Å². The van der Waals surface area contributed by atoms with Crippen molar-refractivity contribution in [2.24, 2.45) is 0 Å². The quantitative estimate of drug-likeness (QED) is 0.689. The minimum Gasteiger partial charge on any atom is -0.493 e. The second kappa shape index (κ2) is 5.89. The molecule has 0 spiro atoms. The van der Waals surface area contributed by atoms with Crippen molar-refractivity contribution in [2.75, 3.05) is 6.61 Å². The summed E-state index contributed by atoms with van der Waals surface area (Å²) in [7, 11) is 0. The molecule has 0 amide bonds. The Morgan fingerprint density at radius 3 is 2.71 bits per heavy atom. The van der Waals surface area contributed by atoms with Gasteiger partial charge in [-0.3, -0.25) is 0 Å². The molecule has 1 aliphatic heterocycles. The summed E-state index contributed by atoms with van der Waals surface area (Å²) < 4.78 is 7.96. The van der Waals surface area contributed by atoms with E-state index in [1.807, 2.05) is 37.3 Å². The van der Waals surface area contributed by atoms with Crippen molar-refractivity contribution < 1.29 is 9.84 Å². The maximum atomic E-state index is 10.9. The molecule has 2 aromatic carbocycles. The Labute approximate surface area is 146 Å². The number of ether oxygens (including phenoxy) is 1. The van der Waals surface area contributed by atoms with E-state index in [-0.39, 0.29) is 0 Å². The van der Waals surface area contributed by atoms with Crippen molar-refractivity contribution in [2.45, 2.75) is 25.4 Å². The summed E-state index contributed by atoms with van der Waals surface area (Å²) in [6.07, 6.45) is 1.48. The molecule has 1 N–H and O–H groups in total. The van der Waals surface area contributed by atoms with Gasteiger partial charge in [-0.05, 0) is 70.5 Å². The minimum absolute atomic E-state index is 0.537. The van der Waals surface area contributed by atoms with Crippen molar-refractivity contribution in [1.82, 2.24) is 0 Å². The van der Waals surface area contributed by atoms with Crippen LogP contribution >= 0.6 is 38.5 Å². The van der Waals surface area contributed by atoms with Crippen LogP contribution in [0.15, 0.2) is 40.9 Å². The van der Waals surface area contributed by atoms with E-state index in [0.29, 0.717) is 6.42 Å². The van der Waals surface area contributed by atoms with Gasteiger partial charge >= 0.3 is 0 Å². The van der Waals surface area contributed by atoms with E-state index in [2.05, 4.69) is 44.6 Å². The third kappa shape index (κ3) is 3.27. The number of benzene rings is 2. The lowest BCUT2D eigenvalue weighted by molar-refractivity contribution is 0.0569. The van der Waals surface area contributed by atoms with E-state index in [1.54, 1.807) is 0 Å². The van der Waals surface area contributed by atoms with Gasteiger partial charge in [0.25, 0.3) is 0 Å². The summed E-state index contributed by atoms with van der Waals surface area (Å²) >= 11 is 5.82. The minimum atomic E-state index is -0.912. The highest BCUT2D eigenvalue weighted by molar-refractivity contribution is 14.1. The topological polar surface area (TPSA) is 29.5 Å². The molecule has 1 unspecified atom stereocenters. The lowest BCUT2D eigenvalue weighted by Gasteiger charge is -2.25. The average molecular weight is 459 g/mol. The second-order valence-electron chi connectivity index (χ2n) is 5.61. The summed E-state index contributed by atoms with van der Waals surface area (Å²) in [5.41, 5.74) is 2.29. The Morgan fingerprint density at radius 1 is 1.29 bits per heavy atom. The first-order valence-electron chi connectivity index (χ1n) is 6.88. The van der Waals surface area contributed by atoms with Crippen molar-refractivity contribution in [3.05, 3.63) is 61.1 Å². The number of halogens is 2. The van der Waals surface area contributed by atoms with Gasteiger partial charge in [0, 0.05) is 20.9 Å². The van der Waals surface area contributed by atoms with Gasteiger partial charge in [-0.25, -0.2) is 0 Å². The smallest absolute Gasteiger partial charge is 0.126 e. The third-order valence-corrected chi connectivity index (χ3v) is 5.00. The van der Waals surface area contributed by atoms with E-state index in [9.17, 15) is 5.11 Å². The molecule has 1 heterocycles. The second-order valence-corrected chi connectivity index (χ2v) is 7.77. The van der Waals surface area contributed by atoms with E-state index < -0.39 is 5.60 Å². The highest BCUT2D eigenvalue weighted by Crippen LogP contribution is 2.37. The Morgan fingerprint density at radius 2 is 2.00 bits per heavy atom. The van der Waals surface area contributed by atoms with Crippen molar-refractivity contribution >= 4 is 38.5 Å². The first kappa shape index (κ1) is 15.3. The van der Waals surface area contributed by atoms with Gasteiger partial charge in [-0.1, -0.05) is 28.1 Å². The van der Waals surface area contributed by atoms with Crippen molar-refractivity contribution in [3.63, 3.8) is 0 Å². The number of hydrogen-bond donors (Lipinski definition) is 1. The van der Waals surface area contributed by atoms with E-state index in [1.165, 1.54) is 9.13 Å². The normalized spacial score (nSPS) is 16.2. The van der Waals surface area contributed by atoms with Gasteiger partial charge < -0.3 is 9.84 Å². The molecular formula is C17H16BrIO2. The lowest BCUT2D eigenvalue weighted by Crippen LogP contribution is -2.24. The van der Waals surface area contributed by atoms with Crippen LogP contribution in [0, 0.1) is 3.57 Å². The molecule has 2 aromatic rings.